The Morgan fingerprint density at radius 1 is 1.07 bits per heavy atom. The van der Waals surface area contributed by atoms with Crippen LogP contribution in [0, 0.1) is 0 Å². The van der Waals surface area contributed by atoms with Gasteiger partial charge in [-0.05, 0) is 6.42 Å². The second-order valence-corrected chi connectivity index (χ2v) is 3.04. The van der Waals surface area contributed by atoms with E-state index in [-0.39, 0.29) is 6.42 Å². The van der Waals surface area contributed by atoms with E-state index in [1.165, 1.54) is 6.92 Å². The third-order valence-corrected chi connectivity index (χ3v) is 1.75. The molecule has 2 nitrogen and oxygen atoms in total. The fraction of sp³-hybridized carbons (Fsp3) is 1.00. The summed E-state index contributed by atoms with van der Waals surface area (Å²) in [5.41, 5.74) is 0. The lowest BCUT2D eigenvalue weighted by molar-refractivity contribution is -0.421. The minimum atomic E-state index is -5.91. The van der Waals surface area contributed by atoms with Crippen LogP contribution in [0.25, 0.3) is 0 Å². The maximum atomic E-state index is 12.6. The Bertz CT molecular complexity index is 212. The Labute approximate surface area is 81.5 Å². The number of hydrogen-bond acceptors (Lipinski definition) is 2. The van der Waals surface area contributed by atoms with Crippen molar-refractivity contribution in [2.24, 2.45) is 0 Å². The Kier molecular flexibility index (Phi) is 4.03. The van der Waals surface area contributed by atoms with Crippen molar-refractivity contribution < 1.29 is 36.6 Å². The topological polar surface area (TPSA) is 40.5 Å². The zero-order valence-electron chi connectivity index (χ0n) is 7.65. The van der Waals surface area contributed by atoms with Crippen molar-refractivity contribution in [2.75, 3.05) is 0 Å². The summed E-state index contributed by atoms with van der Waals surface area (Å²) in [6.07, 6.45) is -4.48. The normalized spacial score (nSPS) is 16.6. The summed E-state index contributed by atoms with van der Waals surface area (Å²) < 4.78 is 74.6. The maximum absolute atomic E-state index is 12.6. The summed E-state index contributed by atoms with van der Waals surface area (Å²) in [6.45, 7) is 1.25. The van der Waals surface area contributed by atoms with E-state index in [1.807, 2.05) is 0 Å². The summed E-state index contributed by atoms with van der Waals surface area (Å²) in [5, 5.41) is 15.6. The van der Waals surface area contributed by atoms with Gasteiger partial charge in [-0.2, -0.15) is 22.0 Å². The van der Waals surface area contributed by atoms with Gasteiger partial charge in [0.25, 0.3) is 0 Å². The molecule has 8 heteroatoms. The van der Waals surface area contributed by atoms with E-state index >= 15 is 0 Å². The largest absolute Gasteiger partial charge is 0.396 e. The van der Waals surface area contributed by atoms with Crippen LogP contribution in [0.1, 0.15) is 19.8 Å². The molecule has 0 radical (unpaired) electrons. The van der Waals surface area contributed by atoms with Gasteiger partial charge in [0.1, 0.15) is 0 Å². The maximum Gasteiger partial charge on any atom is 0.396 e. The van der Waals surface area contributed by atoms with Crippen molar-refractivity contribution in [1.82, 2.24) is 0 Å². The summed E-state index contributed by atoms with van der Waals surface area (Å²) in [4.78, 5) is 0. The van der Waals surface area contributed by atoms with Gasteiger partial charge >= 0.3 is 17.9 Å². The Morgan fingerprint density at radius 3 is 1.73 bits per heavy atom. The SMILES string of the molecule is CCCC(F)C(F)(F)C(F)(F)C(O)(O)F. The molecule has 0 aliphatic carbocycles. The second-order valence-electron chi connectivity index (χ2n) is 3.04. The van der Waals surface area contributed by atoms with Gasteiger partial charge in [-0.15, -0.1) is 0 Å². The number of aliphatic hydroxyl groups is 2. The monoisotopic (exact) mass is 240 g/mol. The molecule has 0 aliphatic rings. The summed E-state index contributed by atoms with van der Waals surface area (Å²) in [5.74, 6) is -11.4. The molecule has 0 aromatic carbocycles. The lowest BCUT2D eigenvalue weighted by Gasteiger charge is -2.32. The van der Waals surface area contributed by atoms with Crippen LogP contribution >= 0.6 is 0 Å². The van der Waals surface area contributed by atoms with Gasteiger partial charge in [0, 0.05) is 0 Å². The number of rotatable bonds is 5. The number of alkyl halides is 6. The molecule has 0 amide bonds. The van der Waals surface area contributed by atoms with Crippen molar-refractivity contribution in [2.45, 2.75) is 43.8 Å². The molecule has 0 rings (SSSR count). The van der Waals surface area contributed by atoms with Crippen LogP contribution in [-0.4, -0.2) is 34.3 Å². The van der Waals surface area contributed by atoms with Gasteiger partial charge in [0.05, 0.1) is 0 Å². The average molecular weight is 240 g/mol. The van der Waals surface area contributed by atoms with Crippen LogP contribution in [0.15, 0.2) is 0 Å². The quantitative estimate of drug-likeness (QED) is 0.570. The first kappa shape index (κ1) is 14.5. The van der Waals surface area contributed by atoms with Crippen LogP contribution < -0.4 is 0 Å². The average Bonchev–Trinajstić information content (AvgIpc) is 2.02. The third kappa shape index (κ3) is 2.54. The highest BCUT2D eigenvalue weighted by molar-refractivity contribution is 4.95. The first-order chi connectivity index (χ1) is 6.48. The number of halogens is 6. The van der Waals surface area contributed by atoms with E-state index in [4.69, 9.17) is 10.2 Å². The molecule has 1 unspecified atom stereocenters. The molecule has 0 aliphatic heterocycles. The number of hydrogen-bond donors (Lipinski definition) is 2. The van der Waals surface area contributed by atoms with Gasteiger partial charge in [-0.3, -0.25) is 0 Å². The predicted molar refractivity (Wildman–Crippen MR) is 38.0 cm³/mol. The lowest BCUT2D eigenvalue weighted by Crippen LogP contribution is -2.60. The van der Waals surface area contributed by atoms with E-state index in [1.54, 1.807) is 0 Å². The van der Waals surface area contributed by atoms with E-state index in [0.29, 0.717) is 0 Å². The fourth-order valence-corrected chi connectivity index (χ4v) is 0.843. The van der Waals surface area contributed by atoms with Crippen LogP contribution in [0.5, 0.6) is 0 Å². The van der Waals surface area contributed by atoms with Crippen molar-refractivity contribution in [3.8, 4) is 0 Å². The predicted octanol–water partition coefficient (Wildman–Crippen LogP) is 2.00. The van der Waals surface area contributed by atoms with Gasteiger partial charge in [-0.1, -0.05) is 13.3 Å². The van der Waals surface area contributed by atoms with Gasteiger partial charge in [0.15, 0.2) is 6.17 Å². The van der Waals surface area contributed by atoms with E-state index in [9.17, 15) is 26.3 Å². The van der Waals surface area contributed by atoms with Crippen LogP contribution in [0.4, 0.5) is 26.3 Å². The first-order valence-corrected chi connectivity index (χ1v) is 4.01. The summed E-state index contributed by atoms with van der Waals surface area (Å²) in [7, 11) is 0. The lowest BCUT2D eigenvalue weighted by atomic mass is 10.0. The van der Waals surface area contributed by atoms with Crippen molar-refractivity contribution in [3.63, 3.8) is 0 Å². The van der Waals surface area contributed by atoms with Gasteiger partial charge in [-0.25, -0.2) is 4.39 Å². The third-order valence-electron chi connectivity index (χ3n) is 1.75. The molecule has 0 saturated carbocycles. The summed E-state index contributed by atoms with van der Waals surface area (Å²) in [6, 6.07) is -5.46. The van der Waals surface area contributed by atoms with Crippen molar-refractivity contribution in [1.29, 1.82) is 0 Å². The highest BCUT2D eigenvalue weighted by atomic mass is 19.3. The van der Waals surface area contributed by atoms with Crippen LogP contribution in [0.3, 0.4) is 0 Å². The zero-order valence-corrected chi connectivity index (χ0v) is 7.65. The molecule has 92 valence electrons. The molecular formula is C7H10F6O2. The molecule has 15 heavy (non-hydrogen) atoms. The molecule has 0 aromatic heterocycles. The fourth-order valence-electron chi connectivity index (χ4n) is 0.843. The van der Waals surface area contributed by atoms with Crippen LogP contribution in [0.2, 0.25) is 0 Å². The molecule has 0 spiro atoms. The van der Waals surface area contributed by atoms with Crippen LogP contribution in [-0.2, 0) is 0 Å². The van der Waals surface area contributed by atoms with Crippen molar-refractivity contribution in [3.05, 3.63) is 0 Å². The van der Waals surface area contributed by atoms with Gasteiger partial charge < -0.3 is 10.2 Å². The highest BCUT2D eigenvalue weighted by Gasteiger charge is 2.73. The smallest absolute Gasteiger partial charge is 0.335 e. The van der Waals surface area contributed by atoms with Gasteiger partial charge in [0.2, 0.25) is 0 Å². The molecule has 0 aromatic rings. The standard InChI is InChI=1S/C7H10F6O2/c1-2-3-4(8)5(9,10)6(11,12)7(13,14)15/h4,14-15H,2-3H2,1H3. The molecule has 0 fully saturated rings. The molecular weight excluding hydrogens is 230 g/mol. The first-order valence-electron chi connectivity index (χ1n) is 4.01. The minimum Gasteiger partial charge on any atom is -0.335 e. The highest BCUT2D eigenvalue weighted by Crippen LogP contribution is 2.45. The van der Waals surface area contributed by atoms with E-state index in [2.05, 4.69) is 0 Å². The molecule has 0 heterocycles. The molecule has 1 atom stereocenters. The Morgan fingerprint density at radius 2 is 1.47 bits per heavy atom. The molecule has 0 saturated heterocycles. The second kappa shape index (κ2) is 4.17. The van der Waals surface area contributed by atoms with E-state index < -0.39 is 30.5 Å². The Balaban J connectivity index is 5.00. The Hall–Kier alpha value is -0.500. The van der Waals surface area contributed by atoms with E-state index in [0.717, 1.165) is 0 Å². The molecule has 0 bridgehead atoms. The zero-order chi connectivity index (χ0) is 12.5. The summed E-state index contributed by atoms with van der Waals surface area (Å²) >= 11 is 0. The van der Waals surface area contributed by atoms with Crippen molar-refractivity contribution >= 4 is 0 Å². The minimum absolute atomic E-state index is 0.178. The molecule has 2 N–H and O–H groups in total.